The van der Waals surface area contributed by atoms with E-state index >= 15 is 0 Å². The van der Waals surface area contributed by atoms with Gasteiger partial charge in [0.15, 0.2) is 0 Å². The number of amides is 1. The summed E-state index contributed by atoms with van der Waals surface area (Å²) < 4.78 is 10.5. The van der Waals surface area contributed by atoms with Crippen molar-refractivity contribution in [3.63, 3.8) is 0 Å². The summed E-state index contributed by atoms with van der Waals surface area (Å²) in [5, 5.41) is 0. The summed E-state index contributed by atoms with van der Waals surface area (Å²) in [5.41, 5.74) is 7.05. The molecule has 1 amide bonds. The topological polar surface area (TPSA) is 64.8 Å². The zero-order valence-corrected chi connectivity index (χ0v) is 13.1. The third kappa shape index (κ3) is 4.97. The standard InChI is InChI=1S/C15H22N2O3.ClH/c1-19-11-14(16)15(18)17-7-8-20-10-13(17)9-12-5-3-2-4-6-12;/h2-6,13-14H,7-11,16H2,1H3;1H. The van der Waals surface area contributed by atoms with Crippen molar-refractivity contribution in [1.29, 1.82) is 0 Å². The van der Waals surface area contributed by atoms with Crippen LogP contribution in [0.2, 0.25) is 0 Å². The van der Waals surface area contributed by atoms with Crippen LogP contribution in [-0.4, -0.2) is 56.4 Å². The Morgan fingerprint density at radius 2 is 2.19 bits per heavy atom. The Kier molecular flexibility index (Phi) is 7.67. The molecule has 0 bridgehead atoms. The van der Waals surface area contributed by atoms with Gasteiger partial charge in [-0.05, 0) is 12.0 Å². The number of benzene rings is 1. The summed E-state index contributed by atoms with van der Waals surface area (Å²) in [6.07, 6.45) is 0.784. The van der Waals surface area contributed by atoms with E-state index in [0.29, 0.717) is 19.8 Å². The Hall–Kier alpha value is -1.14. The molecule has 2 N–H and O–H groups in total. The van der Waals surface area contributed by atoms with Gasteiger partial charge < -0.3 is 20.1 Å². The molecule has 1 aromatic rings. The number of nitrogens with two attached hydrogens (primary N) is 1. The average Bonchev–Trinajstić information content (AvgIpc) is 2.48. The molecule has 1 fully saturated rings. The summed E-state index contributed by atoms with van der Waals surface area (Å²) >= 11 is 0. The lowest BCUT2D eigenvalue weighted by Crippen LogP contribution is -2.55. The molecule has 5 nitrogen and oxygen atoms in total. The molecule has 6 heteroatoms. The van der Waals surface area contributed by atoms with Gasteiger partial charge in [-0.1, -0.05) is 30.3 Å². The molecule has 1 aromatic carbocycles. The molecule has 2 unspecified atom stereocenters. The third-order valence-corrected chi connectivity index (χ3v) is 3.49. The summed E-state index contributed by atoms with van der Waals surface area (Å²) in [4.78, 5) is 14.2. The van der Waals surface area contributed by atoms with Crippen molar-refractivity contribution in [1.82, 2.24) is 4.90 Å². The van der Waals surface area contributed by atoms with Crippen molar-refractivity contribution in [2.24, 2.45) is 5.73 Å². The highest BCUT2D eigenvalue weighted by Crippen LogP contribution is 2.14. The van der Waals surface area contributed by atoms with Gasteiger partial charge in [0.2, 0.25) is 5.91 Å². The molecule has 0 spiro atoms. The first-order valence-corrected chi connectivity index (χ1v) is 6.89. The number of ether oxygens (including phenoxy) is 2. The van der Waals surface area contributed by atoms with Gasteiger partial charge in [0.05, 0.1) is 25.9 Å². The second kappa shape index (κ2) is 9.00. The second-order valence-corrected chi connectivity index (χ2v) is 5.01. The quantitative estimate of drug-likeness (QED) is 0.875. The van der Waals surface area contributed by atoms with Crippen LogP contribution in [0.4, 0.5) is 0 Å². The Balaban J connectivity index is 0.00000220. The third-order valence-electron chi connectivity index (χ3n) is 3.49. The van der Waals surface area contributed by atoms with Gasteiger partial charge in [0.25, 0.3) is 0 Å². The monoisotopic (exact) mass is 314 g/mol. The Morgan fingerprint density at radius 1 is 1.48 bits per heavy atom. The van der Waals surface area contributed by atoms with Crippen LogP contribution < -0.4 is 5.73 Å². The zero-order chi connectivity index (χ0) is 14.4. The van der Waals surface area contributed by atoms with Crippen LogP contribution in [0.25, 0.3) is 0 Å². The van der Waals surface area contributed by atoms with Crippen LogP contribution in [0.15, 0.2) is 30.3 Å². The molecular formula is C15H23ClN2O3. The number of morpholine rings is 1. The van der Waals surface area contributed by atoms with Crippen LogP contribution in [0.3, 0.4) is 0 Å². The highest BCUT2D eigenvalue weighted by atomic mass is 35.5. The number of halogens is 1. The fourth-order valence-corrected chi connectivity index (χ4v) is 2.46. The molecule has 0 aliphatic carbocycles. The molecule has 1 aliphatic rings. The normalized spacial score (nSPS) is 19.7. The summed E-state index contributed by atoms with van der Waals surface area (Å²) in [6, 6.07) is 9.55. The second-order valence-electron chi connectivity index (χ2n) is 5.01. The van der Waals surface area contributed by atoms with E-state index in [1.807, 2.05) is 23.1 Å². The van der Waals surface area contributed by atoms with E-state index in [4.69, 9.17) is 15.2 Å². The average molecular weight is 315 g/mol. The lowest BCUT2D eigenvalue weighted by molar-refractivity contribution is -0.142. The first-order valence-electron chi connectivity index (χ1n) is 6.89. The lowest BCUT2D eigenvalue weighted by atomic mass is 10.0. The predicted molar refractivity (Wildman–Crippen MR) is 83.6 cm³/mol. The van der Waals surface area contributed by atoms with Gasteiger partial charge in [-0.25, -0.2) is 0 Å². The molecule has 0 radical (unpaired) electrons. The molecule has 118 valence electrons. The van der Waals surface area contributed by atoms with E-state index in [2.05, 4.69) is 12.1 Å². The summed E-state index contributed by atoms with van der Waals surface area (Å²) in [5.74, 6) is -0.0592. The van der Waals surface area contributed by atoms with E-state index in [0.717, 1.165) is 6.42 Å². The zero-order valence-electron chi connectivity index (χ0n) is 12.2. The molecule has 2 atom stereocenters. The minimum Gasteiger partial charge on any atom is -0.383 e. The number of hydrogen-bond acceptors (Lipinski definition) is 4. The number of nitrogens with zero attached hydrogens (tertiary/aromatic N) is 1. The van der Waals surface area contributed by atoms with E-state index in [-0.39, 0.29) is 31.0 Å². The number of rotatable bonds is 5. The maximum absolute atomic E-state index is 12.4. The minimum atomic E-state index is -0.601. The Labute approximate surface area is 131 Å². The van der Waals surface area contributed by atoms with Crippen molar-refractivity contribution in [2.75, 3.05) is 33.5 Å². The lowest BCUT2D eigenvalue weighted by Gasteiger charge is -2.37. The maximum atomic E-state index is 12.4. The fourth-order valence-electron chi connectivity index (χ4n) is 2.46. The van der Waals surface area contributed by atoms with Gasteiger partial charge >= 0.3 is 0 Å². The van der Waals surface area contributed by atoms with Crippen LogP contribution in [-0.2, 0) is 20.7 Å². The highest BCUT2D eigenvalue weighted by Gasteiger charge is 2.30. The highest BCUT2D eigenvalue weighted by molar-refractivity contribution is 5.85. The van der Waals surface area contributed by atoms with Gasteiger partial charge in [0.1, 0.15) is 6.04 Å². The van der Waals surface area contributed by atoms with Gasteiger partial charge in [-0.15, -0.1) is 12.4 Å². The molecule has 21 heavy (non-hydrogen) atoms. The number of methoxy groups -OCH3 is 1. The predicted octanol–water partition coefficient (Wildman–Crippen LogP) is 0.852. The minimum absolute atomic E-state index is 0. The van der Waals surface area contributed by atoms with Gasteiger partial charge in [-0.2, -0.15) is 0 Å². The van der Waals surface area contributed by atoms with Crippen molar-refractivity contribution >= 4 is 18.3 Å². The first kappa shape index (κ1) is 17.9. The fraction of sp³-hybridized carbons (Fsp3) is 0.533. The van der Waals surface area contributed by atoms with Crippen LogP contribution in [0.1, 0.15) is 5.56 Å². The molecule has 1 heterocycles. The van der Waals surface area contributed by atoms with E-state index in [1.165, 1.54) is 5.56 Å². The van der Waals surface area contributed by atoms with Crippen LogP contribution in [0, 0.1) is 0 Å². The molecule has 1 aliphatic heterocycles. The molecule has 0 aromatic heterocycles. The van der Waals surface area contributed by atoms with E-state index in [9.17, 15) is 4.79 Å². The van der Waals surface area contributed by atoms with E-state index in [1.54, 1.807) is 7.11 Å². The maximum Gasteiger partial charge on any atom is 0.242 e. The summed E-state index contributed by atoms with van der Waals surface area (Å²) in [7, 11) is 1.55. The van der Waals surface area contributed by atoms with Crippen molar-refractivity contribution in [2.45, 2.75) is 18.5 Å². The first-order chi connectivity index (χ1) is 9.72. The molecular weight excluding hydrogens is 292 g/mol. The Bertz CT molecular complexity index is 430. The number of hydrogen-bond donors (Lipinski definition) is 1. The SMILES string of the molecule is COCC(N)C(=O)N1CCOCC1Cc1ccccc1.Cl. The number of carbonyl (C=O) groups is 1. The van der Waals surface area contributed by atoms with Crippen LogP contribution in [0.5, 0.6) is 0 Å². The Morgan fingerprint density at radius 3 is 2.86 bits per heavy atom. The van der Waals surface area contributed by atoms with Gasteiger partial charge in [0, 0.05) is 13.7 Å². The largest absolute Gasteiger partial charge is 0.383 e. The van der Waals surface area contributed by atoms with Crippen molar-refractivity contribution < 1.29 is 14.3 Å². The molecule has 0 saturated carbocycles. The summed E-state index contributed by atoms with van der Waals surface area (Å²) in [6.45, 7) is 1.96. The molecule has 2 rings (SSSR count). The smallest absolute Gasteiger partial charge is 0.242 e. The van der Waals surface area contributed by atoms with Crippen LogP contribution >= 0.6 is 12.4 Å². The van der Waals surface area contributed by atoms with Crippen molar-refractivity contribution in [3.8, 4) is 0 Å². The number of carbonyl (C=O) groups excluding carboxylic acids is 1. The van der Waals surface area contributed by atoms with Crippen molar-refractivity contribution in [3.05, 3.63) is 35.9 Å². The van der Waals surface area contributed by atoms with Gasteiger partial charge in [-0.3, -0.25) is 4.79 Å². The molecule has 1 saturated heterocycles. The van der Waals surface area contributed by atoms with E-state index < -0.39 is 6.04 Å².